The quantitative estimate of drug-likeness (QED) is 0.663. The Morgan fingerprint density at radius 3 is 2.11 bits per heavy atom. The number of nitrogens with one attached hydrogen (secondary N) is 2. The average molecular weight is 389 g/mol. The van der Waals surface area contributed by atoms with Gasteiger partial charge in [0.05, 0.1) is 4.90 Å². The Bertz CT molecular complexity index is 894. The van der Waals surface area contributed by atoms with Crippen LogP contribution in [-0.4, -0.2) is 26.3 Å². The Labute approximate surface area is 159 Å². The van der Waals surface area contributed by atoms with Gasteiger partial charge in [-0.05, 0) is 35.7 Å². The van der Waals surface area contributed by atoms with Crippen LogP contribution in [0.25, 0.3) is 0 Å². The summed E-state index contributed by atoms with van der Waals surface area (Å²) in [5, 5.41) is 10.6. The second-order valence-corrected chi connectivity index (χ2v) is 8.03. The molecule has 0 spiro atoms. The summed E-state index contributed by atoms with van der Waals surface area (Å²) in [6.45, 7) is 3.89. The molecule has 27 heavy (non-hydrogen) atoms. The smallest absolute Gasteiger partial charge is 0.251 e. The lowest BCUT2D eigenvalue weighted by Gasteiger charge is -2.22. The summed E-state index contributed by atoms with van der Waals surface area (Å²) >= 11 is 0. The van der Waals surface area contributed by atoms with Gasteiger partial charge >= 0.3 is 0 Å². The molecule has 2 aromatic carbocycles. The van der Waals surface area contributed by atoms with E-state index in [-0.39, 0.29) is 29.2 Å². The number of nitrogens with two attached hydrogens (primary N) is 1. The van der Waals surface area contributed by atoms with Crippen molar-refractivity contribution < 1.29 is 18.0 Å². The van der Waals surface area contributed by atoms with Crippen molar-refractivity contribution in [2.45, 2.75) is 31.3 Å². The molecule has 144 valence electrons. The molecule has 0 aromatic heterocycles. The van der Waals surface area contributed by atoms with Crippen LogP contribution in [0.3, 0.4) is 0 Å². The van der Waals surface area contributed by atoms with Gasteiger partial charge in [0.25, 0.3) is 5.91 Å². The number of benzene rings is 2. The van der Waals surface area contributed by atoms with Gasteiger partial charge in [-0.3, -0.25) is 9.59 Å². The minimum atomic E-state index is -3.75. The third kappa shape index (κ3) is 5.90. The van der Waals surface area contributed by atoms with Crippen LogP contribution in [-0.2, 0) is 21.4 Å². The standard InChI is InChI=1S/C19H23N3O4S/c1-13(2)17(22-18(23)15-6-4-3-5-7-15)19(24)21-12-14-8-10-16(11-9-14)27(20,25)26/h3-11,13,17H,12H2,1-2H3,(H,21,24)(H,22,23)(H2,20,25,26)/t17-/m1/s1. The number of sulfonamides is 1. The first-order valence-electron chi connectivity index (χ1n) is 8.44. The third-order valence-corrected chi connectivity index (χ3v) is 4.92. The van der Waals surface area contributed by atoms with Crippen LogP contribution < -0.4 is 15.8 Å². The van der Waals surface area contributed by atoms with Gasteiger partial charge in [-0.25, -0.2) is 13.6 Å². The SMILES string of the molecule is CC(C)[C@@H](NC(=O)c1ccccc1)C(=O)NCc1ccc(S(N)(=O)=O)cc1. The fourth-order valence-electron chi connectivity index (χ4n) is 2.45. The highest BCUT2D eigenvalue weighted by atomic mass is 32.2. The summed E-state index contributed by atoms with van der Waals surface area (Å²) < 4.78 is 22.5. The molecule has 8 heteroatoms. The van der Waals surface area contributed by atoms with Gasteiger partial charge in [0.15, 0.2) is 0 Å². The molecule has 0 saturated heterocycles. The lowest BCUT2D eigenvalue weighted by molar-refractivity contribution is -0.124. The minimum absolute atomic E-state index is 0.00718. The molecule has 0 radical (unpaired) electrons. The zero-order valence-corrected chi connectivity index (χ0v) is 16.0. The van der Waals surface area contributed by atoms with E-state index in [0.717, 1.165) is 0 Å². The molecule has 2 amide bonds. The van der Waals surface area contributed by atoms with Crippen molar-refractivity contribution >= 4 is 21.8 Å². The molecular formula is C19H23N3O4S. The molecule has 0 saturated carbocycles. The van der Waals surface area contributed by atoms with Gasteiger partial charge in [-0.1, -0.05) is 44.2 Å². The van der Waals surface area contributed by atoms with Gasteiger partial charge in [0.1, 0.15) is 6.04 Å². The number of amides is 2. The van der Waals surface area contributed by atoms with Gasteiger partial charge in [-0.15, -0.1) is 0 Å². The van der Waals surface area contributed by atoms with Crippen molar-refractivity contribution in [1.29, 1.82) is 0 Å². The molecule has 0 fully saturated rings. The Morgan fingerprint density at radius 1 is 1.00 bits per heavy atom. The molecule has 0 heterocycles. The summed E-state index contributed by atoms with van der Waals surface area (Å²) in [4.78, 5) is 24.8. The molecule has 4 N–H and O–H groups in total. The number of rotatable bonds is 7. The van der Waals surface area contributed by atoms with Crippen molar-refractivity contribution in [3.8, 4) is 0 Å². The molecular weight excluding hydrogens is 366 g/mol. The lowest BCUT2D eigenvalue weighted by atomic mass is 10.0. The maximum Gasteiger partial charge on any atom is 0.251 e. The van der Waals surface area contributed by atoms with Crippen LogP contribution in [0, 0.1) is 5.92 Å². The Morgan fingerprint density at radius 2 is 1.59 bits per heavy atom. The van der Waals surface area contributed by atoms with E-state index in [9.17, 15) is 18.0 Å². The van der Waals surface area contributed by atoms with Crippen molar-refractivity contribution in [1.82, 2.24) is 10.6 Å². The average Bonchev–Trinajstić information content (AvgIpc) is 2.64. The summed E-state index contributed by atoms with van der Waals surface area (Å²) in [6.07, 6.45) is 0. The van der Waals surface area contributed by atoms with Crippen molar-refractivity contribution in [3.63, 3.8) is 0 Å². The number of hydrogen-bond donors (Lipinski definition) is 3. The van der Waals surface area contributed by atoms with E-state index in [0.29, 0.717) is 11.1 Å². The molecule has 0 aliphatic rings. The molecule has 0 unspecified atom stereocenters. The van der Waals surface area contributed by atoms with Crippen LogP contribution in [0.4, 0.5) is 0 Å². The zero-order chi connectivity index (χ0) is 20.0. The Hall–Kier alpha value is -2.71. The molecule has 7 nitrogen and oxygen atoms in total. The fourth-order valence-corrected chi connectivity index (χ4v) is 2.96. The first kappa shape index (κ1) is 20.6. The predicted molar refractivity (Wildman–Crippen MR) is 102 cm³/mol. The highest BCUT2D eigenvalue weighted by Gasteiger charge is 2.24. The van der Waals surface area contributed by atoms with E-state index < -0.39 is 16.1 Å². The molecule has 0 aliphatic heterocycles. The minimum Gasteiger partial charge on any atom is -0.350 e. The second kappa shape index (κ2) is 8.79. The summed E-state index contributed by atoms with van der Waals surface area (Å²) in [5.41, 5.74) is 1.20. The molecule has 1 atom stereocenters. The first-order chi connectivity index (χ1) is 12.7. The second-order valence-electron chi connectivity index (χ2n) is 6.47. The fraction of sp³-hybridized carbons (Fsp3) is 0.263. The highest BCUT2D eigenvalue weighted by molar-refractivity contribution is 7.89. The maximum atomic E-state index is 12.5. The van der Waals surface area contributed by atoms with E-state index in [4.69, 9.17) is 5.14 Å². The van der Waals surface area contributed by atoms with E-state index in [1.54, 1.807) is 36.4 Å². The zero-order valence-electron chi connectivity index (χ0n) is 15.2. The third-order valence-electron chi connectivity index (χ3n) is 3.99. The lowest BCUT2D eigenvalue weighted by Crippen LogP contribution is -2.49. The maximum absolute atomic E-state index is 12.5. The van der Waals surface area contributed by atoms with Gasteiger partial charge in [0, 0.05) is 12.1 Å². The molecule has 0 bridgehead atoms. The normalized spacial score (nSPS) is 12.4. The van der Waals surface area contributed by atoms with Crippen LogP contribution in [0.1, 0.15) is 29.8 Å². The van der Waals surface area contributed by atoms with Crippen LogP contribution in [0.5, 0.6) is 0 Å². The number of primary sulfonamides is 1. The van der Waals surface area contributed by atoms with E-state index in [1.807, 2.05) is 19.9 Å². The number of carbonyl (C=O) groups is 2. The first-order valence-corrected chi connectivity index (χ1v) is 9.98. The molecule has 0 aliphatic carbocycles. The number of hydrogen-bond acceptors (Lipinski definition) is 4. The van der Waals surface area contributed by atoms with Gasteiger partial charge < -0.3 is 10.6 Å². The summed E-state index contributed by atoms with van der Waals surface area (Å²) in [6, 6.07) is 13.9. The predicted octanol–water partition coefficient (Wildman–Crippen LogP) is 1.40. The van der Waals surface area contributed by atoms with E-state index in [2.05, 4.69) is 10.6 Å². The molecule has 2 aromatic rings. The van der Waals surface area contributed by atoms with Crippen molar-refractivity contribution in [2.75, 3.05) is 0 Å². The van der Waals surface area contributed by atoms with Gasteiger partial charge in [0.2, 0.25) is 15.9 Å². The van der Waals surface area contributed by atoms with Crippen LogP contribution in [0.2, 0.25) is 0 Å². The Kier molecular flexibility index (Phi) is 6.70. The highest BCUT2D eigenvalue weighted by Crippen LogP contribution is 2.10. The molecule has 2 rings (SSSR count). The largest absolute Gasteiger partial charge is 0.350 e. The van der Waals surface area contributed by atoms with Crippen LogP contribution in [0.15, 0.2) is 59.5 Å². The van der Waals surface area contributed by atoms with Crippen molar-refractivity contribution in [2.24, 2.45) is 11.1 Å². The topological polar surface area (TPSA) is 118 Å². The van der Waals surface area contributed by atoms with Crippen LogP contribution >= 0.6 is 0 Å². The monoisotopic (exact) mass is 389 g/mol. The summed E-state index contributed by atoms with van der Waals surface area (Å²) in [7, 11) is -3.75. The van der Waals surface area contributed by atoms with Gasteiger partial charge in [-0.2, -0.15) is 0 Å². The number of carbonyl (C=O) groups excluding carboxylic acids is 2. The van der Waals surface area contributed by atoms with E-state index >= 15 is 0 Å². The van der Waals surface area contributed by atoms with Crippen molar-refractivity contribution in [3.05, 3.63) is 65.7 Å². The summed E-state index contributed by atoms with van der Waals surface area (Å²) in [5.74, 6) is -0.741. The Balaban J connectivity index is 2.00. The van der Waals surface area contributed by atoms with E-state index in [1.165, 1.54) is 12.1 Å².